The van der Waals surface area contributed by atoms with E-state index in [1.54, 1.807) is 13.0 Å². The number of aliphatic carboxylic acids is 1. The molecule has 0 aliphatic carbocycles. The smallest absolute Gasteiger partial charge is 0.323 e. The predicted octanol–water partition coefficient (Wildman–Crippen LogP) is 3.15. The van der Waals surface area contributed by atoms with Gasteiger partial charge in [-0.3, -0.25) is 9.59 Å². The maximum atomic E-state index is 11.9. The van der Waals surface area contributed by atoms with Crippen LogP contribution in [0.4, 0.5) is 0 Å². The second-order valence-electron chi connectivity index (χ2n) is 5.23. The van der Waals surface area contributed by atoms with Gasteiger partial charge in [-0.05, 0) is 24.0 Å². The normalized spacial score (nSPS) is 11.0. The van der Waals surface area contributed by atoms with Crippen LogP contribution in [0.1, 0.15) is 44.2 Å². The molecule has 1 N–H and O–H groups in total. The molecule has 0 aliphatic heterocycles. The van der Waals surface area contributed by atoms with Crippen LogP contribution in [0.5, 0.6) is 0 Å². The number of amides is 1. The minimum absolute atomic E-state index is 0.171. The van der Waals surface area contributed by atoms with Crippen LogP contribution in [0.2, 0.25) is 0 Å². The molecule has 0 spiro atoms. The summed E-state index contributed by atoms with van der Waals surface area (Å²) in [4.78, 5) is 23.8. The summed E-state index contributed by atoms with van der Waals surface area (Å²) < 4.78 is 0. The van der Waals surface area contributed by atoms with E-state index in [1.165, 1.54) is 10.5 Å². The highest BCUT2D eigenvalue weighted by molar-refractivity contribution is 5.82. The number of hydrogen-bond acceptors (Lipinski definition) is 2. The third-order valence-corrected chi connectivity index (χ3v) is 3.27. The highest BCUT2D eigenvalue weighted by Gasteiger charge is 2.12. The summed E-state index contributed by atoms with van der Waals surface area (Å²) in [6, 6.07) is 8.19. The predicted molar refractivity (Wildman–Crippen MR) is 84.1 cm³/mol. The van der Waals surface area contributed by atoms with Crippen LogP contribution in [0.15, 0.2) is 30.3 Å². The summed E-state index contributed by atoms with van der Waals surface area (Å²) in [7, 11) is 0. The van der Waals surface area contributed by atoms with Crippen LogP contribution in [-0.2, 0) is 9.59 Å². The Morgan fingerprint density at radius 1 is 1.24 bits per heavy atom. The first kappa shape index (κ1) is 17.0. The van der Waals surface area contributed by atoms with Gasteiger partial charge in [0.2, 0.25) is 5.91 Å². The van der Waals surface area contributed by atoms with E-state index in [-0.39, 0.29) is 18.9 Å². The molecule has 1 aromatic rings. The molecular weight excluding hydrogens is 266 g/mol. The Balaban J connectivity index is 2.56. The van der Waals surface area contributed by atoms with E-state index in [2.05, 4.69) is 26.0 Å². The van der Waals surface area contributed by atoms with Crippen molar-refractivity contribution in [2.24, 2.45) is 0 Å². The second kappa shape index (κ2) is 8.25. The zero-order valence-electron chi connectivity index (χ0n) is 12.9. The maximum absolute atomic E-state index is 11.9. The second-order valence-corrected chi connectivity index (χ2v) is 5.23. The first-order chi connectivity index (χ1) is 9.93. The van der Waals surface area contributed by atoms with Crippen LogP contribution in [0.25, 0.3) is 6.08 Å². The number of rotatable bonds is 7. The molecule has 0 heterocycles. The van der Waals surface area contributed by atoms with Crippen LogP contribution in [-0.4, -0.2) is 35.0 Å². The number of carboxylic acid groups (broad SMARTS) is 1. The van der Waals surface area contributed by atoms with Gasteiger partial charge in [-0.15, -0.1) is 0 Å². The molecule has 1 rings (SSSR count). The van der Waals surface area contributed by atoms with E-state index < -0.39 is 5.97 Å². The maximum Gasteiger partial charge on any atom is 0.323 e. The molecule has 0 aromatic heterocycles. The van der Waals surface area contributed by atoms with Crippen LogP contribution < -0.4 is 0 Å². The van der Waals surface area contributed by atoms with Crippen molar-refractivity contribution >= 4 is 18.0 Å². The fourth-order valence-electron chi connectivity index (χ4n) is 1.96. The lowest BCUT2D eigenvalue weighted by Gasteiger charge is -2.17. The van der Waals surface area contributed by atoms with Crippen molar-refractivity contribution in [2.75, 3.05) is 13.1 Å². The zero-order valence-corrected chi connectivity index (χ0v) is 12.9. The first-order valence-electron chi connectivity index (χ1n) is 7.20. The molecular formula is C17H23NO3. The minimum Gasteiger partial charge on any atom is -0.480 e. The lowest BCUT2D eigenvalue weighted by Crippen LogP contribution is -2.34. The molecule has 4 heteroatoms. The molecule has 21 heavy (non-hydrogen) atoms. The van der Waals surface area contributed by atoms with E-state index in [0.717, 1.165) is 5.56 Å². The molecule has 0 aliphatic rings. The number of likely N-dealkylation sites (N-methyl/N-ethyl adjacent to an activating group) is 1. The van der Waals surface area contributed by atoms with Crippen molar-refractivity contribution < 1.29 is 14.7 Å². The standard InChI is InChI=1S/C17H23NO3/c1-4-18(12-17(20)21)16(19)7-5-6-14-8-10-15(11-9-14)13(2)3/h5-6,8-11,13H,4,7,12H2,1-3H3,(H,20,21)/b6-5+. The highest BCUT2D eigenvalue weighted by Crippen LogP contribution is 2.15. The molecule has 0 saturated heterocycles. The average molecular weight is 289 g/mol. The van der Waals surface area contributed by atoms with Gasteiger partial charge in [-0.25, -0.2) is 0 Å². The van der Waals surface area contributed by atoms with Crippen molar-refractivity contribution in [3.63, 3.8) is 0 Å². The summed E-state index contributed by atoms with van der Waals surface area (Å²) in [5.74, 6) is -0.660. The molecule has 1 aromatic carbocycles. The van der Waals surface area contributed by atoms with Crippen LogP contribution >= 0.6 is 0 Å². The van der Waals surface area contributed by atoms with Crippen molar-refractivity contribution in [1.82, 2.24) is 4.90 Å². The Morgan fingerprint density at radius 3 is 2.33 bits per heavy atom. The van der Waals surface area contributed by atoms with Crippen molar-refractivity contribution in [3.05, 3.63) is 41.5 Å². The number of benzene rings is 1. The molecule has 1 amide bonds. The third-order valence-electron chi connectivity index (χ3n) is 3.27. The highest BCUT2D eigenvalue weighted by atomic mass is 16.4. The van der Waals surface area contributed by atoms with Gasteiger partial charge in [0.05, 0.1) is 0 Å². The van der Waals surface area contributed by atoms with Gasteiger partial charge < -0.3 is 10.0 Å². The number of carbonyl (C=O) groups excluding carboxylic acids is 1. The van der Waals surface area contributed by atoms with Gasteiger partial charge in [0.1, 0.15) is 6.54 Å². The van der Waals surface area contributed by atoms with E-state index in [4.69, 9.17) is 5.11 Å². The molecule has 0 unspecified atom stereocenters. The Hall–Kier alpha value is -2.10. The quantitative estimate of drug-likeness (QED) is 0.839. The Kier molecular flexibility index (Phi) is 6.66. The largest absolute Gasteiger partial charge is 0.480 e. The molecule has 114 valence electrons. The van der Waals surface area contributed by atoms with Gasteiger partial charge in [0.25, 0.3) is 0 Å². The fraction of sp³-hybridized carbons (Fsp3) is 0.412. The van der Waals surface area contributed by atoms with Crippen molar-refractivity contribution in [3.8, 4) is 0 Å². The van der Waals surface area contributed by atoms with Crippen molar-refractivity contribution in [1.29, 1.82) is 0 Å². The summed E-state index contributed by atoms with van der Waals surface area (Å²) in [5, 5.41) is 8.73. The molecule has 0 saturated carbocycles. The molecule has 0 atom stereocenters. The monoisotopic (exact) mass is 289 g/mol. The number of carboxylic acids is 1. The first-order valence-corrected chi connectivity index (χ1v) is 7.20. The Bertz CT molecular complexity index is 503. The van der Waals surface area contributed by atoms with Crippen LogP contribution in [0, 0.1) is 0 Å². The van der Waals surface area contributed by atoms with E-state index >= 15 is 0 Å². The lowest BCUT2D eigenvalue weighted by atomic mass is 10.0. The number of carbonyl (C=O) groups is 2. The number of nitrogens with zero attached hydrogens (tertiary/aromatic N) is 1. The fourth-order valence-corrected chi connectivity index (χ4v) is 1.96. The molecule has 0 fully saturated rings. The SMILES string of the molecule is CCN(CC(=O)O)C(=O)C/C=C/c1ccc(C(C)C)cc1. The summed E-state index contributed by atoms with van der Waals surface area (Å²) in [6.07, 6.45) is 3.88. The van der Waals surface area contributed by atoms with Gasteiger partial charge in [-0.1, -0.05) is 50.3 Å². The van der Waals surface area contributed by atoms with Gasteiger partial charge in [0, 0.05) is 13.0 Å². The molecule has 0 bridgehead atoms. The van der Waals surface area contributed by atoms with Gasteiger partial charge in [0.15, 0.2) is 0 Å². The number of hydrogen-bond donors (Lipinski definition) is 1. The van der Waals surface area contributed by atoms with E-state index in [0.29, 0.717) is 12.5 Å². The summed E-state index contributed by atoms with van der Waals surface area (Å²) >= 11 is 0. The summed E-state index contributed by atoms with van der Waals surface area (Å²) in [5.41, 5.74) is 2.32. The van der Waals surface area contributed by atoms with Crippen molar-refractivity contribution in [2.45, 2.75) is 33.1 Å². The molecule has 0 radical (unpaired) electrons. The lowest BCUT2D eigenvalue weighted by molar-refractivity contribution is -0.143. The Labute approximate surface area is 126 Å². The van der Waals surface area contributed by atoms with E-state index in [9.17, 15) is 9.59 Å². The third kappa shape index (κ3) is 5.81. The topological polar surface area (TPSA) is 57.6 Å². The average Bonchev–Trinajstić information content (AvgIpc) is 2.44. The Morgan fingerprint density at radius 2 is 1.86 bits per heavy atom. The summed E-state index contributed by atoms with van der Waals surface area (Å²) in [6.45, 7) is 6.22. The minimum atomic E-state index is -0.988. The van der Waals surface area contributed by atoms with E-state index in [1.807, 2.05) is 18.2 Å². The van der Waals surface area contributed by atoms with Crippen LogP contribution in [0.3, 0.4) is 0 Å². The van der Waals surface area contributed by atoms with Gasteiger partial charge >= 0.3 is 5.97 Å². The molecule has 4 nitrogen and oxygen atoms in total. The zero-order chi connectivity index (χ0) is 15.8. The van der Waals surface area contributed by atoms with Gasteiger partial charge in [-0.2, -0.15) is 0 Å².